The van der Waals surface area contributed by atoms with E-state index in [9.17, 15) is 26.4 Å². The summed E-state index contributed by atoms with van der Waals surface area (Å²) in [6.45, 7) is 10.2. The Bertz CT molecular complexity index is 1350. The molecule has 234 valence electrons. The lowest BCUT2D eigenvalue weighted by Crippen LogP contribution is -2.38. The molecule has 0 fully saturated rings. The molecule has 0 radical (unpaired) electrons. The molecule has 2 rings (SSSR count). The van der Waals surface area contributed by atoms with Gasteiger partial charge in [-0.2, -0.15) is 16.8 Å². The van der Waals surface area contributed by atoms with E-state index in [1.807, 2.05) is 0 Å². The summed E-state index contributed by atoms with van der Waals surface area (Å²) in [5, 5.41) is 5.27. The van der Waals surface area contributed by atoms with Gasteiger partial charge in [-0.3, -0.25) is 19.0 Å². The van der Waals surface area contributed by atoms with Crippen molar-refractivity contribution in [1.82, 2.24) is 0 Å². The SMILES string of the molecule is CC(C)(C)OC(=O)Nc1ccccc1C[C@H](OS(C)(=O)=O)[C@H](Cc1ccccc1NC(=O)OC(C)(C)C)OS(C)(=O)=O. The van der Waals surface area contributed by atoms with E-state index in [0.29, 0.717) is 22.5 Å². The molecule has 0 aromatic heterocycles. The van der Waals surface area contributed by atoms with Gasteiger partial charge in [-0.15, -0.1) is 0 Å². The Hall–Kier alpha value is -3.20. The van der Waals surface area contributed by atoms with Gasteiger partial charge in [-0.1, -0.05) is 36.4 Å². The quantitative estimate of drug-likeness (QED) is 0.329. The number of anilines is 2. The van der Waals surface area contributed by atoms with Gasteiger partial charge in [0.2, 0.25) is 0 Å². The first-order valence-corrected chi connectivity index (χ1v) is 16.7. The van der Waals surface area contributed by atoms with Gasteiger partial charge in [-0.05, 0) is 64.8 Å². The minimum atomic E-state index is -4.12. The summed E-state index contributed by atoms with van der Waals surface area (Å²) in [5.74, 6) is 0. The molecule has 14 heteroatoms. The molecule has 2 aromatic rings. The number of nitrogens with one attached hydrogen (secondary N) is 2. The van der Waals surface area contributed by atoms with Crippen LogP contribution in [0, 0.1) is 0 Å². The highest BCUT2D eigenvalue weighted by Crippen LogP contribution is 2.27. The van der Waals surface area contributed by atoms with Crippen LogP contribution in [-0.2, 0) is 50.9 Å². The van der Waals surface area contributed by atoms with Gasteiger partial charge in [0.25, 0.3) is 20.2 Å². The van der Waals surface area contributed by atoms with Crippen molar-refractivity contribution in [2.75, 3.05) is 23.1 Å². The second-order valence-electron chi connectivity index (χ2n) is 11.7. The van der Waals surface area contributed by atoms with E-state index in [1.165, 1.54) is 0 Å². The van der Waals surface area contributed by atoms with Gasteiger partial charge in [-0.25, -0.2) is 9.59 Å². The molecule has 0 aliphatic heterocycles. The fraction of sp³-hybridized carbons (Fsp3) is 0.500. The Morgan fingerprint density at radius 3 is 1.24 bits per heavy atom. The fourth-order valence-electron chi connectivity index (χ4n) is 3.81. The summed E-state index contributed by atoms with van der Waals surface area (Å²) in [5.41, 5.74) is -0.0666. The lowest BCUT2D eigenvalue weighted by molar-refractivity contribution is 0.0615. The van der Waals surface area contributed by atoms with Crippen molar-refractivity contribution in [2.45, 2.75) is 77.8 Å². The van der Waals surface area contributed by atoms with Crippen LogP contribution >= 0.6 is 0 Å². The van der Waals surface area contributed by atoms with Gasteiger partial charge in [0.1, 0.15) is 23.4 Å². The largest absolute Gasteiger partial charge is 0.444 e. The first-order valence-electron chi connectivity index (χ1n) is 13.0. The van der Waals surface area contributed by atoms with Gasteiger partial charge >= 0.3 is 12.2 Å². The maximum absolute atomic E-state index is 12.5. The normalized spacial score (nSPS) is 14.0. The first kappa shape index (κ1) is 35.0. The Morgan fingerprint density at radius 1 is 0.643 bits per heavy atom. The third-order valence-corrected chi connectivity index (χ3v) is 6.35. The summed E-state index contributed by atoms with van der Waals surface area (Å²) in [4.78, 5) is 24.9. The second kappa shape index (κ2) is 13.8. The number of benzene rings is 2. The average molecular weight is 629 g/mol. The van der Waals surface area contributed by atoms with Crippen LogP contribution in [-0.4, -0.2) is 64.9 Å². The van der Waals surface area contributed by atoms with Gasteiger partial charge in [0, 0.05) is 24.2 Å². The molecular weight excluding hydrogens is 588 g/mol. The minimum Gasteiger partial charge on any atom is -0.444 e. The summed E-state index contributed by atoms with van der Waals surface area (Å²) in [6, 6.07) is 13.1. The van der Waals surface area contributed by atoms with E-state index in [1.54, 1.807) is 90.1 Å². The number of para-hydroxylation sites is 2. The molecule has 0 aliphatic carbocycles. The van der Waals surface area contributed by atoms with Crippen molar-refractivity contribution in [2.24, 2.45) is 0 Å². The molecular formula is C28H40N2O10S2. The van der Waals surface area contributed by atoms with E-state index in [-0.39, 0.29) is 12.8 Å². The number of ether oxygens (including phenoxy) is 2. The zero-order chi connectivity index (χ0) is 31.9. The lowest BCUT2D eigenvalue weighted by atomic mass is 9.97. The average Bonchev–Trinajstić information content (AvgIpc) is 2.76. The topological polar surface area (TPSA) is 163 Å². The highest BCUT2D eigenvalue weighted by Gasteiger charge is 2.32. The Balaban J connectivity index is 2.49. The summed E-state index contributed by atoms with van der Waals surface area (Å²) in [7, 11) is -8.24. The predicted molar refractivity (Wildman–Crippen MR) is 159 cm³/mol. The Kier molecular flexibility index (Phi) is 11.5. The van der Waals surface area contributed by atoms with Gasteiger partial charge in [0.15, 0.2) is 0 Å². The lowest BCUT2D eigenvalue weighted by Gasteiger charge is -2.27. The molecule has 12 nitrogen and oxygen atoms in total. The van der Waals surface area contributed by atoms with Crippen molar-refractivity contribution >= 4 is 43.8 Å². The molecule has 42 heavy (non-hydrogen) atoms. The van der Waals surface area contributed by atoms with Crippen LogP contribution in [0.1, 0.15) is 52.7 Å². The standard InChI is InChI=1S/C28H40N2O10S2/c1-27(2,3)37-25(31)29-21-15-11-9-13-19(21)17-23(39-41(7,33)34)24(40-42(8,35)36)18-20-14-10-12-16-22(20)30-26(32)38-28(4,5)6/h9-16,23-24H,17-18H2,1-8H3,(H,29,31)(H,30,32)/t23-,24-/m0/s1. The van der Waals surface area contributed by atoms with Crippen LogP contribution in [0.2, 0.25) is 0 Å². The van der Waals surface area contributed by atoms with Crippen LogP contribution in [0.15, 0.2) is 48.5 Å². The number of hydrogen-bond donors (Lipinski definition) is 2. The molecule has 2 atom stereocenters. The third-order valence-electron chi connectivity index (χ3n) is 5.16. The number of carbonyl (C=O) groups is 2. The summed E-state index contributed by atoms with van der Waals surface area (Å²) < 4.78 is 70.7. The Labute approximate surface area is 248 Å². The number of rotatable bonds is 11. The summed E-state index contributed by atoms with van der Waals surface area (Å²) in [6.07, 6.45) is -2.90. The molecule has 0 bridgehead atoms. The number of amides is 2. The molecule has 2 amide bonds. The molecule has 0 aliphatic rings. The van der Waals surface area contributed by atoms with Crippen LogP contribution in [0.5, 0.6) is 0 Å². The van der Waals surface area contributed by atoms with Crippen LogP contribution in [0.4, 0.5) is 21.0 Å². The molecule has 0 spiro atoms. The summed E-state index contributed by atoms with van der Waals surface area (Å²) >= 11 is 0. The zero-order valence-corrected chi connectivity index (χ0v) is 26.7. The molecule has 0 heterocycles. The van der Waals surface area contributed by atoms with Crippen molar-refractivity contribution in [1.29, 1.82) is 0 Å². The molecule has 0 saturated carbocycles. The maximum atomic E-state index is 12.5. The van der Waals surface area contributed by atoms with Crippen molar-refractivity contribution < 1.29 is 44.3 Å². The van der Waals surface area contributed by atoms with E-state index in [4.69, 9.17) is 17.8 Å². The van der Waals surface area contributed by atoms with Crippen LogP contribution in [0.25, 0.3) is 0 Å². The predicted octanol–water partition coefficient (Wildman–Crippen LogP) is 4.86. The second-order valence-corrected chi connectivity index (χ2v) is 14.9. The minimum absolute atomic E-state index is 0.180. The van der Waals surface area contributed by atoms with Crippen LogP contribution in [0.3, 0.4) is 0 Å². The van der Waals surface area contributed by atoms with Crippen LogP contribution < -0.4 is 10.6 Å². The highest BCUT2D eigenvalue weighted by atomic mass is 32.2. The van der Waals surface area contributed by atoms with Gasteiger partial charge < -0.3 is 9.47 Å². The third kappa shape index (κ3) is 13.6. The van der Waals surface area contributed by atoms with Gasteiger partial charge in [0.05, 0.1) is 12.5 Å². The molecule has 0 saturated heterocycles. The van der Waals surface area contributed by atoms with Crippen molar-refractivity contribution in [3.63, 3.8) is 0 Å². The molecule has 0 unspecified atom stereocenters. The molecule has 2 aromatic carbocycles. The Morgan fingerprint density at radius 2 is 0.952 bits per heavy atom. The van der Waals surface area contributed by atoms with Crippen molar-refractivity contribution in [3.8, 4) is 0 Å². The van der Waals surface area contributed by atoms with Crippen molar-refractivity contribution in [3.05, 3.63) is 59.7 Å². The molecule has 2 N–H and O–H groups in total. The van der Waals surface area contributed by atoms with E-state index >= 15 is 0 Å². The fourth-order valence-corrected chi connectivity index (χ4v) is 5.09. The smallest absolute Gasteiger partial charge is 0.412 e. The maximum Gasteiger partial charge on any atom is 0.412 e. The number of hydrogen-bond acceptors (Lipinski definition) is 10. The highest BCUT2D eigenvalue weighted by molar-refractivity contribution is 7.86. The monoisotopic (exact) mass is 628 g/mol. The van der Waals surface area contributed by atoms with E-state index < -0.39 is 55.8 Å². The van der Waals surface area contributed by atoms with E-state index in [2.05, 4.69) is 10.6 Å². The first-order chi connectivity index (χ1) is 19.1. The number of carbonyl (C=O) groups excluding carboxylic acids is 2. The zero-order valence-electron chi connectivity index (χ0n) is 25.1. The van der Waals surface area contributed by atoms with E-state index in [0.717, 1.165) is 12.5 Å².